The molecule has 98 valence electrons. The van der Waals surface area contributed by atoms with Gasteiger partial charge in [-0.05, 0) is 24.3 Å². The van der Waals surface area contributed by atoms with Gasteiger partial charge in [-0.2, -0.15) is 0 Å². The van der Waals surface area contributed by atoms with E-state index in [1.165, 1.54) is 18.3 Å². The van der Waals surface area contributed by atoms with Crippen LogP contribution in [0.1, 0.15) is 10.4 Å². The van der Waals surface area contributed by atoms with Crippen LogP contribution >= 0.6 is 23.2 Å². The van der Waals surface area contributed by atoms with E-state index >= 15 is 0 Å². The minimum atomic E-state index is -1.15. The molecule has 1 heterocycles. The number of amides is 1. The minimum Gasteiger partial charge on any atom is -0.307 e. The summed E-state index contributed by atoms with van der Waals surface area (Å²) in [6.45, 7) is 0. The van der Waals surface area contributed by atoms with Crippen LogP contribution < -0.4 is 5.32 Å². The van der Waals surface area contributed by atoms with Crippen molar-refractivity contribution in [2.75, 3.05) is 5.32 Å². The normalized spacial score (nSPS) is 10.3. The van der Waals surface area contributed by atoms with Crippen molar-refractivity contribution in [2.24, 2.45) is 0 Å². The van der Waals surface area contributed by atoms with Crippen LogP contribution in [-0.2, 0) is 0 Å². The van der Waals surface area contributed by atoms with Crippen LogP contribution in [0.2, 0.25) is 10.0 Å². The Morgan fingerprint density at radius 3 is 2.47 bits per heavy atom. The molecule has 0 saturated carbocycles. The number of aromatic nitrogens is 1. The second-order valence-corrected chi connectivity index (χ2v) is 4.41. The van der Waals surface area contributed by atoms with Crippen molar-refractivity contribution in [3.63, 3.8) is 0 Å². The first kappa shape index (κ1) is 13.7. The largest absolute Gasteiger partial charge is 0.307 e. The summed E-state index contributed by atoms with van der Waals surface area (Å²) in [5.74, 6) is -2.75. The number of halogens is 4. The van der Waals surface area contributed by atoms with E-state index in [-0.39, 0.29) is 16.4 Å². The first-order valence-corrected chi connectivity index (χ1v) is 5.80. The molecule has 19 heavy (non-hydrogen) atoms. The van der Waals surface area contributed by atoms with Crippen LogP contribution in [0.4, 0.5) is 14.6 Å². The molecule has 3 nitrogen and oxygen atoms in total. The maximum Gasteiger partial charge on any atom is 0.258 e. The highest BCUT2D eigenvalue weighted by molar-refractivity contribution is 6.34. The molecule has 0 bridgehead atoms. The van der Waals surface area contributed by atoms with Crippen LogP contribution in [0.5, 0.6) is 0 Å². The van der Waals surface area contributed by atoms with Gasteiger partial charge in [0.1, 0.15) is 5.82 Å². The lowest BCUT2D eigenvalue weighted by Crippen LogP contribution is -2.14. The number of nitrogens with zero attached hydrogens (tertiary/aromatic N) is 1. The van der Waals surface area contributed by atoms with Gasteiger partial charge in [-0.3, -0.25) is 4.79 Å². The van der Waals surface area contributed by atoms with Crippen LogP contribution in [-0.4, -0.2) is 10.9 Å². The summed E-state index contributed by atoms with van der Waals surface area (Å²) in [5.41, 5.74) is -0.183. The van der Waals surface area contributed by atoms with Gasteiger partial charge < -0.3 is 5.32 Å². The lowest BCUT2D eigenvalue weighted by Gasteiger charge is -2.06. The van der Waals surface area contributed by atoms with E-state index in [0.29, 0.717) is 5.02 Å². The quantitative estimate of drug-likeness (QED) is 0.854. The van der Waals surface area contributed by atoms with Crippen molar-refractivity contribution in [3.8, 4) is 0 Å². The van der Waals surface area contributed by atoms with Crippen molar-refractivity contribution in [1.29, 1.82) is 0 Å². The van der Waals surface area contributed by atoms with Crippen LogP contribution in [0.25, 0.3) is 0 Å². The molecule has 2 rings (SSSR count). The summed E-state index contributed by atoms with van der Waals surface area (Å²) < 4.78 is 25.9. The van der Waals surface area contributed by atoms with Crippen LogP contribution in [0.3, 0.4) is 0 Å². The summed E-state index contributed by atoms with van der Waals surface area (Å²) in [6, 6.07) is 4.45. The van der Waals surface area contributed by atoms with Crippen molar-refractivity contribution in [3.05, 3.63) is 57.7 Å². The Bertz CT molecular complexity index is 632. The molecule has 0 radical (unpaired) electrons. The van der Waals surface area contributed by atoms with E-state index < -0.39 is 17.5 Å². The molecule has 1 amide bonds. The van der Waals surface area contributed by atoms with Crippen LogP contribution in [0.15, 0.2) is 30.5 Å². The molecule has 2 aromatic rings. The third-order valence-electron chi connectivity index (χ3n) is 2.22. The second-order valence-electron chi connectivity index (χ2n) is 3.56. The number of pyridine rings is 1. The molecule has 0 fully saturated rings. The zero-order chi connectivity index (χ0) is 14.0. The molecule has 0 unspecified atom stereocenters. The fourth-order valence-corrected chi connectivity index (χ4v) is 1.68. The van der Waals surface area contributed by atoms with Crippen molar-refractivity contribution in [2.45, 2.75) is 0 Å². The van der Waals surface area contributed by atoms with Gasteiger partial charge in [0.2, 0.25) is 0 Å². The number of hydrogen-bond donors (Lipinski definition) is 1. The molecule has 1 aromatic carbocycles. The molecule has 0 atom stereocenters. The van der Waals surface area contributed by atoms with Gasteiger partial charge in [-0.1, -0.05) is 23.2 Å². The van der Waals surface area contributed by atoms with Crippen molar-refractivity contribution >= 4 is 34.9 Å². The van der Waals surface area contributed by atoms with E-state index in [1.54, 1.807) is 0 Å². The van der Waals surface area contributed by atoms with E-state index in [0.717, 1.165) is 12.1 Å². The fraction of sp³-hybridized carbons (Fsp3) is 0. The number of carbonyl (C=O) groups excluding carboxylic acids is 1. The predicted molar refractivity (Wildman–Crippen MR) is 68.6 cm³/mol. The Morgan fingerprint density at radius 2 is 1.84 bits per heavy atom. The lowest BCUT2D eigenvalue weighted by molar-refractivity contribution is 0.102. The third-order valence-corrected chi connectivity index (χ3v) is 2.76. The number of anilines is 1. The highest BCUT2D eigenvalue weighted by Crippen LogP contribution is 2.21. The van der Waals surface area contributed by atoms with Gasteiger partial charge in [0.05, 0.1) is 15.6 Å². The summed E-state index contributed by atoms with van der Waals surface area (Å²) in [7, 11) is 0. The number of hydrogen-bond acceptors (Lipinski definition) is 2. The Morgan fingerprint density at radius 1 is 1.16 bits per heavy atom. The van der Waals surface area contributed by atoms with E-state index in [4.69, 9.17) is 23.2 Å². The second kappa shape index (κ2) is 5.50. The summed E-state index contributed by atoms with van der Waals surface area (Å²) in [4.78, 5) is 15.7. The van der Waals surface area contributed by atoms with E-state index in [9.17, 15) is 13.6 Å². The summed E-state index contributed by atoms with van der Waals surface area (Å²) >= 11 is 11.3. The van der Waals surface area contributed by atoms with Gasteiger partial charge in [0.15, 0.2) is 11.6 Å². The molecule has 0 aliphatic rings. The zero-order valence-corrected chi connectivity index (χ0v) is 10.8. The van der Waals surface area contributed by atoms with Crippen molar-refractivity contribution in [1.82, 2.24) is 4.98 Å². The third kappa shape index (κ3) is 3.19. The van der Waals surface area contributed by atoms with Gasteiger partial charge in [-0.25, -0.2) is 13.8 Å². The Hall–Kier alpha value is -1.72. The fourth-order valence-electron chi connectivity index (χ4n) is 1.33. The average molecular weight is 303 g/mol. The van der Waals surface area contributed by atoms with Crippen molar-refractivity contribution < 1.29 is 13.6 Å². The molecule has 0 saturated heterocycles. The molecule has 1 aromatic heterocycles. The molecule has 7 heteroatoms. The summed E-state index contributed by atoms with van der Waals surface area (Å²) in [6.07, 6.45) is 1.34. The topological polar surface area (TPSA) is 42.0 Å². The molecular weight excluding hydrogens is 297 g/mol. The number of carbonyl (C=O) groups is 1. The maximum atomic E-state index is 13.1. The molecule has 0 spiro atoms. The molecule has 0 aliphatic heterocycles. The van der Waals surface area contributed by atoms with Gasteiger partial charge in [0.25, 0.3) is 5.91 Å². The summed E-state index contributed by atoms with van der Waals surface area (Å²) in [5, 5.41) is 2.61. The van der Waals surface area contributed by atoms with Crippen LogP contribution in [0, 0.1) is 11.6 Å². The number of nitrogens with one attached hydrogen (secondary N) is 1. The first-order chi connectivity index (χ1) is 8.97. The average Bonchev–Trinajstić information content (AvgIpc) is 2.36. The smallest absolute Gasteiger partial charge is 0.258 e. The highest BCUT2D eigenvalue weighted by Gasteiger charge is 2.15. The van der Waals surface area contributed by atoms with Gasteiger partial charge in [0, 0.05) is 6.20 Å². The van der Waals surface area contributed by atoms with Gasteiger partial charge >= 0.3 is 0 Å². The Kier molecular flexibility index (Phi) is 3.97. The standard InChI is InChI=1S/C12H6Cl2F2N2O/c13-6-1-2-11(17-5-6)18-12(19)7-3-9(15)10(16)4-8(7)14/h1-5H,(H,17,18,19). The predicted octanol–water partition coefficient (Wildman–Crippen LogP) is 3.92. The Labute approximate surface area is 117 Å². The Balaban J connectivity index is 2.25. The van der Waals surface area contributed by atoms with E-state index in [2.05, 4.69) is 10.3 Å². The number of rotatable bonds is 2. The SMILES string of the molecule is O=C(Nc1ccc(Cl)cn1)c1cc(F)c(F)cc1Cl. The molecular formula is C12H6Cl2F2N2O. The maximum absolute atomic E-state index is 13.1. The van der Waals surface area contributed by atoms with Gasteiger partial charge in [-0.15, -0.1) is 0 Å². The molecule has 1 N–H and O–H groups in total. The monoisotopic (exact) mass is 302 g/mol. The molecule has 0 aliphatic carbocycles. The highest BCUT2D eigenvalue weighted by atomic mass is 35.5. The zero-order valence-electron chi connectivity index (χ0n) is 9.25. The minimum absolute atomic E-state index is 0.183. The van der Waals surface area contributed by atoms with E-state index in [1.807, 2.05) is 0 Å². The lowest BCUT2D eigenvalue weighted by atomic mass is 10.2. The number of benzene rings is 1. The first-order valence-electron chi connectivity index (χ1n) is 5.05.